The summed E-state index contributed by atoms with van der Waals surface area (Å²) in [7, 11) is 3.46. The summed E-state index contributed by atoms with van der Waals surface area (Å²) < 4.78 is 11.1. The van der Waals surface area contributed by atoms with Crippen molar-refractivity contribution in [3.05, 3.63) is 0 Å². The van der Waals surface area contributed by atoms with E-state index in [0.29, 0.717) is 19.1 Å². The van der Waals surface area contributed by atoms with Gasteiger partial charge in [0.05, 0.1) is 5.60 Å². The van der Waals surface area contributed by atoms with Gasteiger partial charge in [0.15, 0.2) is 5.96 Å². The lowest BCUT2D eigenvalue weighted by atomic mass is 10.0. The topological polar surface area (TPSA) is 75.2 Å². The van der Waals surface area contributed by atoms with Crippen LogP contribution in [0.4, 0.5) is 0 Å². The first-order valence-corrected chi connectivity index (χ1v) is 8.41. The highest BCUT2D eigenvalue weighted by atomic mass is 127. The minimum Gasteiger partial charge on any atom is -0.382 e. The molecule has 1 fully saturated rings. The fraction of sp³-hybridized carbons (Fsp3) is 0.875. The molecule has 1 saturated heterocycles. The predicted octanol–water partition coefficient (Wildman–Crippen LogP) is 1.22. The molecule has 7 nitrogen and oxygen atoms in total. The van der Waals surface area contributed by atoms with Crippen molar-refractivity contribution < 1.29 is 14.3 Å². The SMILES string of the molecule is CCOCCCNC(=NCC(=O)N(C)C)NCC1(C)CCCO1.I. The Bertz CT molecular complexity index is 386. The summed E-state index contributed by atoms with van der Waals surface area (Å²) >= 11 is 0. The number of rotatable bonds is 9. The lowest BCUT2D eigenvalue weighted by Gasteiger charge is -2.25. The van der Waals surface area contributed by atoms with E-state index in [0.717, 1.165) is 39.0 Å². The standard InChI is InChI=1S/C16H32N4O3.HI/c1-5-22-10-7-9-17-15(18-12-14(21)20(3)4)19-13-16(2)8-6-11-23-16;/h5-13H2,1-4H3,(H2,17,18,19);1H. The summed E-state index contributed by atoms with van der Waals surface area (Å²) in [6.07, 6.45) is 3.02. The minimum atomic E-state index is -0.153. The van der Waals surface area contributed by atoms with E-state index in [1.807, 2.05) is 6.92 Å². The van der Waals surface area contributed by atoms with Crippen molar-refractivity contribution in [1.29, 1.82) is 0 Å². The highest BCUT2D eigenvalue weighted by Gasteiger charge is 2.29. The molecular weight excluding hydrogens is 423 g/mol. The second kappa shape index (κ2) is 12.7. The van der Waals surface area contributed by atoms with Gasteiger partial charge in [0.2, 0.25) is 5.91 Å². The summed E-state index contributed by atoms with van der Waals surface area (Å²) in [5.41, 5.74) is -0.153. The van der Waals surface area contributed by atoms with E-state index in [1.165, 1.54) is 4.90 Å². The number of ether oxygens (including phenoxy) is 2. The maximum atomic E-state index is 11.7. The molecule has 0 aliphatic carbocycles. The molecule has 1 amide bonds. The number of carbonyl (C=O) groups is 1. The van der Waals surface area contributed by atoms with Gasteiger partial charge in [0.1, 0.15) is 6.54 Å². The van der Waals surface area contributed by atoms with Gasteiger partial charge in [-0.2, -0.15) is 0 Å². The lowest BCUT2D eigenvalue weighted by molar-refractivity contribution is -0.127. The highest BCUT2D eigenvalue weighted by Crippen LogP contribution is 2.23. The van der Waals surface area contributed by atoms with Gasteiger partial charge in [-0.05, 0) is 33.1 Å². The number of carbonyl (C=O) groups excluding carboxylic acids is 1. The van der Waals surface area contributed by atoms with E-state index in [-0.39, 0.29) is 42.0 Å². The van der Waals surface area contributed by atoms with Gasteiger partial charge < -0.3 is 25.0 Å². The molecule has 1 rings (SSSR count). The molecule has 0 aromatic heterocycles. The number of nitrogens with one attached hydrogen (secondary N) is 2. The first-order valence-electron chi connectivity index (χ1n) is 8.41. The zero-order valence-electron chi connectivity index (χ0n) is 15.4. The molecule has 1 unspecified atom stereocenters. The fourth-order valence-corrected chi connectivity index (χ4v) is 2.23. The van der Waals surface area contributed by atoms with Crippen LogP contribution in [0.1, 0.15) is 33.1 Å². The summed E-state index contributed by atoms with van der Waals surface area (Å²) in [5.74, 6) is 0.622. The molecule has 0 bridgehead atoms. The van der Waals surface area contributed by atoms with E-state index < -0.39 is 0 Å². The number of hydrogen-bond donors (Lipinski definition) is 2. The van der Waals surface area contributed by atoms with Crippen LogP contribution in [0.3, 0.4) is 0 Å². The Morgan fingerprint density at radius 3 is 2.71 bits per heavy atom. The molecule has 142 valence electrons. The van der Waals surface area contributed by atoms with Crippen LogP contribution >= 0.6 is 24.0 Å². The Balaban J connectivity index is 0.00000529. The van der Waals surface area contributed by atoms with E-state index in [4.69, 9.17) is 9.47 Å². The van der Waals surface area contributed by atoms with Crippen LogP contribution in [0.25, 0.3) is 0 Å². The van der Waals surface area contributed by atoms with Gasteiger partial charge >= 0.3 is 0 Å². The van der Waals surface area contributed by atoms with Crippen molar-refractivity contribution in [2.75, 3.05) is 53.6 Å². The van der Waals surface area contributed by atoms with Gasteiger partial charge in [-0.15, -0.1) is 24.0 Å². The number of nitrogens with zero attached hydrogens (tertiary/aromatic N) is 2. The molecule has 0 spiro atoms. The second-order valence-electron chi connectivity index (χ2n) is 6.19. The van der Waals surface area contributed by atoms with E-state index >= 15 is 0 Å². The van der Waals surface area contributed by atoms with Crippen LogP contribution in [0.15, 0.2) is 4.99 Å². The third kappa shape index (κ3) is 9.63. The van der Waals surface area contributed by atoms with Crippen LogP contribution in [0.2, 0.25) is 0 Å². The quantitative estimate of drug-likeness (QED) is 0.236. The average Bonchev–Trinajstić information content (AvgIpc) is 2.95. The van der Waals surface area contributed by atoms with Gasteiger partial charge in [0, 0.05) is 47.0 Å². The van der Waals surface area contributed by atoms with Crippen molar-refractivity contribution in [3.63, 3.8) is 0 Å². The molecule has 1 heterocycles. The maximum absolute atomic E-state index is 11.7. The Kier molecular flexibility index (Phi) is 12.4. The second-order valence-corrected chi connectivity index (χ2v) is 6.19. The van der Waals surface area contributed by atoms with Gasteiger partial charge in [-0.1, -0.05) is 0 Å². The first-order chi connectivity index (χ1) is 11.0. The van der Waals surface area contributed by atoms with Crippen LogP contribution < -0.4 is 10.6 Å². The number of likely N-dealkylation sites (N-methyl/N-ethyl adjacent to an activating group) is 1. The van der Waals surface area contributed by atoms with Crippen LogP contribution in [-0.2, 0) is 14.3 Å². The van der Waals surface area contributed by atoms with E-state index in [2.05, 4.69) is 22.5 Å². The van der Waals surface area contributed by atoms with Crippen LogP contribution in [-0.4, -0.2) is 75.9 Å². The third-order valence-electron chi connectivity index (χ3n) is 3.76. The number of aliphatic imine (C=N–C) groups is 1. The third-order valence-corrected chi connectivity index (χ3v) is 3.76. The van der Waals surface area contributed by atoms with E-state index in [1.54, 1.807) is 14.1 Å². The van der Waals surface area contributed by atoms with Crippen molar-refractivity contribution in [2.45, 2.75) is 38.7 Å². The summed E-state index contributed by atoms with van der Waals surface area (Å²) in [6, 6.07) is 0. The van der Waals surface area contributed by atoms with Gasteiger partial charge in [-0.3, -0.25) is 4.79 Å². The Morgan fingerprint density at radius 2 is 2.12 bits per heavy atom. The minimum absolute atomic E-state index is 0. The first kappa shape index (κ1) is 23.4. The summed E-state index contributed by atoms with van der Waals surface area (Å²) in [6.45, 7) is 7.90. The van der Waals surface area contributed by atoms with Crippen LogP contribution in [0.5, 0.6) is 0 Å². The average molecular weight is 456 g/mol. The summed E-state index contributed by atoms with van der Waals surface area (Å²) in [5, 5.41) is 6.54. The van der Waals surface area contributed by atoms with Crippen molar-refractivity contribution >= 4 is 35.8 Å². The molecule has 0 aromatic rings. The van der Waals surface area contributed by atoms with Crippen molar-refractivity contribution in [3.8, 4) is 0 Å². The largest absolute Gasteiger partial charge is 0.382 e. The number of halogens is 1. The molecule has 1 aliphatic rings. The Morgan fingerprint density at radius 1 is 1.38 bits per heavy atom. The zero-order valence-corrected chi connectivity index (χ0v) is 17.7. The molecule has 1 aliphatic heterocycles. The monoisotopic (exact) mass is 456 g/mol. The van der Waals surface area contributed by atoms with Gasteiger partial charge in [0.25, 0.3) is 0 Å². The maximum Gasteiger partial charge on any atom is 0.243 e. The molecule has 8 heteroatoms. The van der Waals surface area contributed by atoms with E-state index in [9.17, 15) is 4.79 Å². The van der Waals surface area contributed by atoms with Crippen molar-refractivity contribution in [2.24, 2.45) is 4.99 Å². The molecule has 24 heavy (non-hydrogen) atoms. The number of guanidine groups is 1. The van der Waals surface area contributed by atoms with Crippen molar-refractivity contribution in [1.82, 2.24) is 15.5 Å². The zero-order chi connectivity index (χ0) is 17.1. The number of amides is 1. The molecule has 0 saturated carbocycles. The normalized spacial score (nSPS) is 20.4. The molecule has 1 atom stereocenters. The summed E-state index contributed by atoms with van der Waals surface area (Å²) in [4.78, 5) is 17.6. The smallest absolute Gasteiger partial charge is 0.243 e. The Labute approximate surface area is 162 Å². The van der Waals surface area contributed by atoms with Crippen LogP contribution in [0, 0.1) is 0 Å². The molecule has 0 aromatic carbocycles. The molecular formula is C16H33IN4O3. The lowest BCUT2D eigenvalue weighted by Crippen LogP contribution is -2.46. The Hall–Kier alpha value is -0.610. The van der Waals surface area contributed by atoms with Gasteiger partial charge in [-0.25, -0.2) is 4.99 Å². The molecule has 2 N–H and O–H groups in total. The number of hydrogen-bond acceptors (Lipinski definition) is 4. The predicted molar refractivity (Wildman–Crippen MR) is 107 cm³/mol. The fourth-order valence-electron chi connectivity index (χ4n) is 2.23. The molecule has 0 radical (unpaired) electrons. The highest BCUT2D eigenvalue weighted by molar-refractivity contribution is 14.0.